The van der Waals surface area contributed by atoms with Crippen LogP contribution in [0.5, 0.6) is 0 Å². The van der Waals surface area contributed by atoms with Crippen molar-refractivity contribution in [2.24, 2.45) is 0 Å². The lowest BCUT2D eigenvalue weighted by Crippen LogP contribution is -2.41. The fourth-order valence-corrected chi connectivity index (χ4v) is 3.75. The summed E-state index contributed by atoms with van der Waals surface area (Å²) in [6.07, 6.45) is 0. The molecule has 1 saturated heterocycles. The summed E-state index contributed by atoms with van der Waals surface area (Å²) < 4.78 is 0. The van der Waals surface area contributed by atoms with Crippen LogP contribution in [0, 0.1) is 0 Å². The highest BCUT2D eigenvalue weighted by atomic mass is 32.1. The number of thiophene rings is 1. The summed E-state index contributed by atoms with van der Waals surface area (Å²) >= 11 is 1.36. The van der Waals surface area contributed by atoms with Gasteiger partial charge in [-0.15, -0.1) is 11.3 Å². The van der Waals surface area contributed by atoms with E-state index in [1.54, 1.807) is 37.3 Å². The van der Waals surface area contributed by atoms with Crippen molar-refractivity contribution in [2.45, 2.75) is 19.4 Å². The summed E-state index contributed by atoms with van der Waals surface area (Å²) in [5.74, 6) is -1.27. The molecule has 1 unspecified atom stereocenters. The van der Waals surface area contributed by atoms with Gasteiger partial charge in [0.2, 0.25) is 5.91 Å². The second-order valence-electron chi connectivity index (χ2n) is 6.41. The fraction of sp³-hybridized carbons (Fsp3) is 0.263. The summed E-state index contributed by atoms with van der Waals surface area (Å²) in [7, 11) is 0. The number of amides is 5. The molecule has 1 aromatic carbocycles. The Morgan fingerprint density at radius 1 is 1.21 bits per heavy atom. The molecule has 1 aliphatic heterocycles. The van der Waals surface area contributed by atoms with Gasteiger partial charge in [-0.2, -0.15) is 0 Å². The molecule has 2 heterocycles. The molecule has 28 heavy (non-hydrogen) atoms. The first kappa shape index (κ1) is 19.6. The Morgan fingerprint density at radius 3 is 2.68 bits per heavy atom. The van der Waals surface area contributed by atoms with Gasteiger partial charge in [0.05, 0.1) is 0 Å². The number of imide groups is 1. The molecule has 146 valence electrons. The van der Waals surface area contributed by atoms with E-state index in [2.05, 4.69) is 16.0 Å². The van der Waals surface area contributed by atoms with E-state index in [9.17, 15) is 19.2 Å². The number of hydrogen-bond acceptors (Lipinski definition) is 5. The predicted octanol–water partition coefficient (Wildman–Crippen LogP) is 1.90. The number of benzene rings is 1. The van der Waals surface area contributed by atoms with Gasteiger partial charge >= 0.3 is 6.03 Å². The zero-order chi connectivity index (χ0) is 20.3. The molecule has 0 radical (unpaired) electrons. The smallest absolute Gasteiger partial charge is 0.325 e. The van der Waals surface area contributed by atoms with Gasteiger partial charge in [0.1, 0.15) is 6.54 Å². The Balaban J connectivity index is 1.68. The number of nitrogens with one attached hydrogen (secondary N) is 3. The summed E-state index contributed by atoms with van der Waals surface area (Å²) in [6.45, 7) is 3.50. The highest BCUT2D eigenvalue weighted by molar-refractivity contribution is 7.10. The number of carbonyl (C=O) groups excluding carboxylic acids is 4. The predicted molar refractivity (Wildman–Crippen MR) is 105 cm³/mol. The summed E-state index contributed by atoms with van der Waals surface area (Å²) in [6, 6.07) is 9.37. The molecule has 5 amide bonds. The maximum atomic E-state index is 12.8. The molecule has 3 N–H and O–H groups in total. The van der Waals surface area contributed by atoms with Crippen molar-refractivity contribution in [2.75, 3.05) is 18.4 Å². The van der Waals surface area contributed by atoms with Crippen molar-refractivity contribution in [1.29, 1.82) is 0 Å². The van der Waals surface area contributed by atoms with E-state index in [4.69, 9.17) is 0 Å². The quantitative estimate of drug-likeness (QED) is 0.644. The van der Waals surface area contributed by atoms with Crippen LogP contribution in [0.4, 0.5) is 10.5 Å². The minimum absolute atomic E-state index is 0.251. The molecular weight excluding hydrogens is 380 g/mol. The fourth-order valence-electron chi connectivity index (χ4n) is 2.92. The molecule has 2 aromatic rings. The number of anilines is 1. The van der Waals surface area contributed by atoms with Gasteiger partial charge in [0.15, 0.2) is 5.54 Å². The van der Waals surface area contributed by atoms with Crippen molar-refractivity contribution >= 4 is 40.8 Å². The minimum Gasteiger partial charge on any atom is -0.352 e. The largest absolute Gasteiger partial charge is 0.352 e. The van der Waals surface area contributed by atoms with E-state index in [1.165, 1.54) is 17.4 Å². The van der Waals surface area contributed by atoms with E-state index in [-0.39, 0.29) is 5.91 Å². The number of urea groups is 1. The van der Waals surface area contributed by atoms with Gasteiger partial charge in [-0.1, -0.05) is 12.1 Å². The number of hydrogen-bond donors (Lipinski definition) is 3. The topological polar surface area (TPSA) is 108 Å². The molecule has 1 atom stereocenters. The van der Waals surface area contributed by atoms with Crippen molar-refractivity contribution in [3.05, 3.63) is 52.2 Å². The number of rotatable bonds is 6. The molecule has 1 aliphatic rings. The van der Waals surface area contributed by atoms with E-state index in [0.29, 0.717) is 22.7 Å². The first-order valence-corrected chi connectivity index (χ1v) is 9.59. The molecule has 1 aromatic heterocycles. The minimum atomic E-state index is -1.18. The monoisotopic (exact) mass is 400 g/mol. The lowest BCUT2D eigenvalue weighted by molar-refractivity contribution is -0.133. The van der Waals surface area contributed by atoms with Crippen molar-refractivity contribution in [3.63, 3.8) is 0 Å². The van der Waals surface area contributed by atoms with Crippen LogP contribution in [0.3, 0.4) is 0 Å². The van der Waals surface area contributed by atoms with Crippen LogP contribution in [0.15, 0.2) is 41.8 Å². The highest BCUT2D eigenvalue weighted by Crippen LogP contribution is 2.31. The van der Waals surface area contributed by atoms with Crippen LogP contribution in [0.1, 0.15) is 29.1 Å². The lowest BCUT2D eigenvalue weighted by Gasteiger charge is -2.20. The SMILES string of the molecule is CCNC(=O)c1cccc(NC(=O)CN2C(=O)NC(C)(c3cccs3)C2=O)c1. The van der Waals surface area contributed by atoms with E-state index in [0.717, 1.165) is 4.90 Å². The van der Waals surface area contributed by atoms with Gasteiger partial charge in [-0.3, -0.25) is 19.3 Å². The molecule has 9 heteroatoms. The van der Waals surface area contributed by atoms with Crippen molar-refractivity contribution in [1.82, 2.24) is 15.5 Å². The second-order valence-corrected chi connectivity index (χ2v) is 7.36. The van der Waals surface area contributed by atoms with Crippen molar-refractivity contribution < 1.29 is 19.2 Å². The van der Waals surface area contributed by atoms with Gasteiger partial charge in [-0.05, 0) is 43.5 Å². The van der Waals surface area contributed by atoms with E-state index in [1.807, 2.05) is 12.3 Å². The maximum absolute atomic E-state index is 12.8. The van der Waals surface area contributed by atoms with Gasteiger partial charge < -0.3 is 16.0 Å². The van der Waals surface area contributed by atoms with Gasteiger partial charge in [0, 0.05) is 22.7 Å². The Hall–Kier alpha value is -3.20. The second kappa shape index (κ2) is 7.81. The van der Waals surface area contributed by atoms with Crippen LogP contribution < -0.4 is 16.0 Å². The van der Waals surface area contributed by atoms with E-state index < -0.39 is 29.9 Å². The zero-order valence-corrected chi connectivity index (χ0v) is 16.3. The first-order valence-electron chi connectivity index (χ1n) is 8.71. The Morgan fingerprint density at radius 2 is 2.00 bits per heavy atom. The van der Waals surface area contributed by atoms with E-state index >= 15 is 0 Å². The van der Waals surface area contributed by atoms with Crippen LogP contribution in [0.25, 0.3) is 0 Å². The van der Waals surface area contributed by atoms with Crippen LogP contribution in [0.2, 0.25) is 0 Å². The van der Waals surface area contributed by atoms with Crippen LogP contribution in [-0.2, 0) is 15.1 Å². The van der Waals surface area contributed by atoms with Gasteiger partial charge in [0.25, 0.3) is 11.8 Å². The maximum Gasteiger partial charge on any atom is 0.325 e. The van der Waals surface area contributed by atoms with Crippen LogP contribution in [-0.4, -0.2) is 41.7 Å². The summed E-state index contributed by atoms with van der Waals surface area (Å²) in [5, 5.41) is 9.77. The molecule has 0 aliphatic carbocycles. The molecule has 0 spiro atoms. The van der Waals surface area contributed by atoms with Crippen LogP contribution >= 0.6 is 11.3 Å². The standard InChI is InChI=1S/C19H20N4O4S/c1-3-20-16(25)12-6-4-7-13(10-12)21-15(24)11-23-17(26)19(2,22-18(23)27)14-8-5-9-28-14/h4-10H,3,11H2,1-2H3,(H,20,25)(H,21,24)(H,22,27). The Bertz CT molecular complexity index is 928. The lowest BCUT2D eigenvalue weighted by atomic mass is 10.0. The third-order valence-corrected chi connectivity index (χ3v) is 5.43. The number of nitrogens with zero attached hydrogens (tertiary/aromatic N) is 1. The molecule has 0 bridgehead atoms. The third kappa shape index (κ3) is 3.74. The molecule has 1 fully saturated rings. The van der Waals surface area contributed by atoms with Gasteiger partial charge in [-0.25, -0.2) is 4.79 Å². The number of carbonyl (C=O) groups is 4. The zero-order valence-electron chi connectivity index (χ0n) is 15.4. The first-order chi connectivity index (χ1) is 13.3. The highest BCUT2D eigenvalue weighted by Gasteiger charge is 2.50. The molecular formula is C19H20N4O4S. The Kier molecular flexibility index (Phi) is 5.46. The average molecular weight is 400 g/mol. The molecule has 0 saturated carbocycles. The Labute approximate surface area is 165 Å². The van der Waals surface area contributed by atoms with Crippen molar-refractivity contribution in [3.8, 4) is 0 Å². The summed E-state index contributed by atoms with van der Waals surface area (Å²) in [4.78, 5) is 50.9. The summed E-state index contributed by atoms with van der Waals surface area (Å²) in [5.41, 5.74) is -0.370. The molecule has 3 rings (SSSR count). The third-order valence-electron chi connectivity index (χ3n) is 4.34. The average Bonchev–Trinajstić information content (AvgIpc) is 3.27. The molecule has 8 nitrogen and oxygen atoms in total. The normalized spacial score (nSPS) is 18.7.